The quantitative estimate of drug-likeness (QED) is 0.647. The van der Waals surface area contributed by atoms with E-state index in [-0.39, 0.29) is 5.41 Å². The van der Waals surface area contributed by atoms with Crippen molar-refractivity contribution >= 4 is 0 Å². The summed E-state index contributed by atoms with van der Waals surface area (Å²) in [6.45, 7) is 4.68. The van der Waals surface area contributed by atoms with E-state index in [9.17, 15) is 0 Å². The van der Waals surface area contributed by atoms with Crippen LogP contribution in [0.3, 0.4) is 0 Å². The third-order valence-corrected chi connectivity index (χ3v) is 3.99. The van der Waals surface area contributed by atoms with Crippen LogP contribution in [0.15, 0.2) is 60.7 Å². The van der Waals surface area contributed by atoms with Gasteiger partial charge in [-0.2, -0.15) is 0 Å². The minimum Gasteiger partial charge on any atom is -0.0654 e. The van der Waals surface area contributed by atoms with Gasteiger partial charge < -0.3 is 0 Å². The molecule has 100 valence electrons. The van der Waals surface area contributed by atoms with E-state index in [1.165, 1.54) is 30.4 Å². The summed E-state index contributed by atoms with van der Waals surface area (Å²) in [5, 5.41) is 0. The zero-order valence-electron chi connectivity index (χ0n) is 12.1. The first kappa shape index (κ1) is 13.9. The summed E-state index contributed by atoms with van der Waals surface area (Å²) in [5.41, 5.74) is 3.15. The van der Waals surface area contributed by atoms with Crippen LogP contribution in [0.2, 0.25) is 0 Å². The molecule has 2 aromatic carbocycles. The third-order valence-electron chi connectivity index (χ3n) is 3.99. The predicted molar refractivity (Wildman–Crippen MR) is 83.5 cm³/mol. The molecule has 2 aromatic rings. The van der Waals surface area contributed by atoms with Gasteiger partial charge in [-0.15, -0.1) is 0 Å². The first-order valence-electron chi connectivity index (χ1n) is 7.34. The van der Waals surface area contributed by atoms with E-state index in [0.717, 1.165) is 6.42 Å². The van der Waals surface area contributed by atoms with Gasteiger partial charge in [-0.25, -0.2) is 0 Å². The lowest BCUT2D eigenvalue weighted by atomic mass is 9.74. The van der Waals surface area contributed by atoms with E-state index in [4.69, 9.17) is 0 Å². The Labute approximate surface area is 117 Å². The van der Waals surface area contributed by atoms with Crippen LogP contribution in [0.1, 0.15) is 44.2 Å². The van der Waals surface area contributed by atoms with Crippen molar-refractivity contribution < 1.29 is 0 Å². The largest absolute Gasteiger partial charge is 0.0654 e. The van der Waals surface area contributed by atoms with Crippen LogP contribution in [-0.4, -0.2) is 0 Å². The number of hydrogen-bond acceptors (Lipinski definition) is 0. The molecule has 1 unspecified atom stereocenters. The summed E-state index contributed by atoms with van der Waals surface area (Å²) < 4.78 is 0. The van der Waals surface area contributed by atoms with Crippen molar-refractivity contribution in [2.75, 3.05) is 0 Å². The Morgan fingerprint density at radius 3 is 2.00 bits per heavy atom. The maximum absolute atomic E-state index is 2.41. The smallest absolute Gasteiger partial charge is 0.00349 e. The van der Waals surface area contributed by atoms with Crippen LogP contribution in [0.4, 0.5) is 0 Å². The Kier molecular flexibility index (Phi) is 4.79. The SMILES string of the molecule is CCCCC(C)(Cc1ccccc1)c1ccccc1. The minimum atomic E-state index is 0.249. The maximum Gasteiger partial charge on any atom is -0.00349 e. The Morgan fingerprint density at radius 2 is 1.42 bits per heavy atom. The van der Waals surface area contributed by atoms with Crippen molar-refractivity contribution in [3.05, 3.63) is 71.8 Å². The van der Waals surface area contributed by atoms with Crippen molar-refractivity contribution in [1.29, 1.82) is 0 Å². The van der Waals surface area contributed by atoms with Crippen molar-refractivity contribution in [3.63, 3.8) is 0 Å². The topological polar surface area (TPSA) is 0 Å². The van der Waals surface area contributed by atoms with Gasteiger partial charge in [0.25, 0.3) is 0 Å². The molecule has 0 amide bonds. The first-order valence-corrected chi connectivity index (χ1v) is 7.34. The predicted octanol–water partition coefficient (Wildman–Crippen LogP) is 5.38. The fourth-order valence-corrected chi connectivity index (χ4v) is 2.79. The normalized spacial score (nSPS) is 14.0. The highest BCUT2D eigenvalue weighted by atomic mass is 14.3. The Balaban J connectivity index is 2.24. The molecule has 0 saturated carbocycles. The highest BCUT2D eigenvalue weighted by molar-refractivity contribution is 5.28. The molecule has 19 heavy (non-hydrogen) atoms. The molecule has 0 saturated heterocycles. The highest BCUT2D eigenvalue weighted by Crippen LogP contribution is 2.33. The Bertz CT molecular complexity index is 472. The molecule has 0 bridgehead atoms. The summed E-state index contributed by atoms with van der Waals surface area (Å²) in [4.78, 5) is 0. The molecule has 0 radical (unpaired) electrons. The molecular weight excluding hydrogens is 228 g/mol. The molecular formula is C19H24. The number of unbranched alkanes of at least 4 members (excludes halogenated alkanes) is 1. The Morgan fingerprint density at radius 1 is 0.842 bits per heavy atom. The molecule has 2 rings (SSSR count). The first-order chi connectivity index (χ1) is 9.24. The van der Waals surface area contributed by atoms with Crippen molar-refractivity contribution in [1.82, 2.24) is 0 Å². The van der Waals surface area contributed by atoms with Gasteiger partial charge in [0.05, 0.1) is 0 Å². The fourth-order valence-electron chi connectivity index (χ4n) is 2.79. The lowest BCUT2D eigenvalue weighted by molar-refractivity contribution is 0.414. The zero-order chi connectivity index (χ0) is 13.6. The maximum atomic E-state index is 2.41. The summed E-state index contributed by atoms with van der Waals surface area (Å²) in [6, 6.07) is 21.8. The molecule has 0 fully saturated rings. The van der Waals surface area contributed by atoms with Gasteiger partial charge in [0.2, 0.25) is 0 Å². The summed E-state index contributed by atoms with van der Waals surface area (Å²) in [6.07, 6.45) is 4.93. The second-order valence-electron chi connectivity index (χ2n) is 5.69. The van der Waals surface area contributed by atoms with Gasteiger partial charge in [-0.3, -0.25) is 0 Å². The van der Waals surface area contributed by atoms with Crippen LogP contribution < -0.4 is 0 Å². The molecule has 0 spiro atoms. The van der Waals surface area contributed by atoms with Gasteiger partial charge in [-0.1, -0.05) is 87.4 Å². The zero-order valence-corrected chi connectivity index (χ0v) is 12.1. The average molecular weight is 252 g/mol. The third kappa shape index (κ3) is 3.70. The van der Waals surface area contributed by atoms with Crippen molar-refractivity contribution in [3.8, 4) is 0 Å². The Hall–Kier alpha value is -1.56. The van der Waals surface area contributed by atoms with E-state index in [0.29, 0.717) is 0 Å². The van der Waals surface area contributed by atoms with E-state index in [2.05, 4.69) is 74.5 Å². The van der Waals surface area contributed by atoms with Gasteiger partial charge >= 0.3 is 0 Å². The van der Waals surface area contributed by atoms with Crippen LogP contribution in [0.5, 0.6) is 0 Å². The fraction of sp³-hybridized carbons (Fsp3) is 0.368. The van der Waals surface area contributed by atoms with E-state index < -0.39 is 0 Å². The van der Waals surface area contributed by atoms with Gasteiger partial charge in [0, 0.05) is 0 Å². The molecule has 0 N–H and O–H groups in total. The standard InChI is InChI=1S/C19H24/c1-3-4-15-19(2,18-13-9-6-10-14-18)16-17-11-7-5-8-12-17/h5-14H,3-4,15-16H2,1-2H3. The van der Waals surface area contributed by atoms with Crippen LogP contribution in [-0.2, 0) is 11.8 Å². The highest BCUT2D eigenvalue weighted by Gasteiger charge is 2.26. The summed E-state index contributed by atoms with van der Waals surface area (Å²) >= 11 is 0. The lowest BCUT2D eigenvalue weighted by Gasteiger charge is -2.30. The second kappa shape index (κ2) is 6.56. The van der Waals surface area contributed by atoms with Crippen LogP contribution in [0, 0.1) is 0 Å². The molecule has 0 aromatic heterocycles. The van der Waals surface area contributed by atoms with E-state index in [1.807, 2.05) is 0 Å². The molecule has 0 heteroatoms. The molecule has 1 atom stereocenters. The van der Waals surface area contributed by atoms with Crippen LogP contribution >= 0.6 is 0 Å². The monoisotopic (exact) mass is 252 g/mol. The van der Waals surface area contributed by atoms with Crippen LogP contribution in [0.25, 0.3) is 0 Å². The molecule has 0 heterocycles. The number of rotatable bonds is 6. The van der Waals surface area contributed by atoms with Crippen molar-refractivity contribution in [2.24, 2.45) is 0 Å². The van der Waals surface area contributed by atoms with Gasteiger partial charge in [0.1, 0.15) is 0 Å². The minimum absolute atomic E-state index is 0.249. The summed E-state index contributed by atoms with van der Waals surface area (Å²) in [7, 11) is 0. The summed E-state index contributed by atoms with van der Waals surface area (Å²) in [5.74, 6) is 0. The van der Waals surface area contributed by atoms with E-state index >= 15 is 0 Å². The molecule has 0 aliphatic heterocycles. The second-order valence-corrected chi connectivity index (χ2v) is 5.69. The molecule has 0 aliphatic rings. The molecule has 0 aliphatic carbocycles. The van der Waals surface area contributed by atoms with Gasteiger partial charge in [0.15, 0.2) is 0 Å². The van der Waals surface area contributed by atoms with Crippen molar-refractivity contribution in [2.45, 2.75) is 44.9 Å². The average Bonchev–Trinajstić information content (AvgIpc) is 2.47. The lowest BCUT2D eigenvalue weighted by Crippen LogP contribution is -2.25. The molecule has 0 nitrogen and oxygen atoms in total. The van der Waals surface area contributed by atoms with Gasteiger partial charge in [-0.05, 0) is 29.4 Å². The van der Waals surface area contributed by atoms with E-state index in [1.54, 1.807) is 0 Å². The number of hydrogen-bond donors (Lipinski definition) is 0. The number of benzene rings is 2.